The molecule has 2 N–H and O–H groups in total. The van der Waals surface area contributed by atoms with Crippen LogP contribution in [0.2, 0.25) is 5.02 Å². The molecule has 1 saturated heterocycles. The number of nitrogens with two attached hydrogens (primary N) is 1. The first-order chi connectivity index (χ1) is 8.16. The molecule has 17 heavy (non-hydrogen) atoms. The molecular weight excluding hydrogens is 236 g/mol. The van der Waals surface area contributed by atoms with Gasteiger partial charge in [0.2, 0.25) is 0 Å². The Labute approximate surface area is 107 Å². The van der Waals surface area contributed by atoms with Gasteiger partial charge in [0.25, 0.3) is 0 Å². The zero-order valence-corrected chi connectivity index (χ0v) is 10.9. The lowest BCUT2D eigenvalue weighted by Gasteiger charge is -2.31. The van der Waals surface area contributed by atoms with Gasteiger partial charge in [0, 0.05) is 36.5 Å². The van der Waals surface area contributed by atoms with E-state index in [4.69, 9.17) is 22.1 Å². The van der Waals surface area contributed by atoms with Crippen LogP contribution in [0.25, 0.3) is 0 Å². The molecule has 0 amide bonds. The van der Waals surface area contributed by atoms with Crippen molar-refractivity contribution in [2.24, 2.45) is 0 Å². The van der Waals surface area contributed by atoms with Crippen LogP contribution in [0.5, 0.6) is 0 Å². The van der Waals surface area contributed by atoms with Gasteiger partial charge in [-0.2, -0.15) is 0 Å². The lowest BCUT2D eigenvalue weighted by molar-refractivity contribution is 0.0407. The number of anilines is 1. The molecule has 0 aliphatic carbocycles. The molecule has 3 nitrogen and oxygen atoms in total. The lowest BCUT2D eigenvalue weighted by atomic mass is 10.1. The quantitative estimate of drug-likeness (QED) is 0.843. The highest BCUT2D eigenvalue weighted by Crippen LogP contribution is 2.22. The van der Waals surface area contributed by atoms with E-state index in [0.717, 1.165) is 48.9 Å². The predicted octanol–water partition coefficient (Wildman–Crippen LogP) is 2.53. The summed E-state index contributed by atoms with van der Waals surface area (Å²) in [5, 5.41) is 0.790. The van der Waals surface area contributed by atoms with Crippen LogP contribution < -0.4 is 5.73 Å². The molecule has 1 aromatic carbocycles. The van der Waals surface area contributed by atoms with Gasteiger partial charge in [0.05, 0.1) is 0 Å². The van der Waals surface area contributed by atoms with Crippen LogP contribution in [-0.2, 0) is 11.3 Å². The first kappa shape index (κ1) is 12.7. The highest BCUT2D eigenvalue weighted by Gasteiger charge is 2.19. The normalized spacial score (nSPS) is 17.6. The topological polar surface area (TPSA) is 38.5 Å². The Morgan fingerprint density at radius 2 is 2.12 bits per heavy atom. The second kappa shape index (κ2) is 5.71. The number of nitrogens with zero attached hydrogens (tertiary/aromatic N) is 1. The highest BCUT2D eigenvalue weighted by atomic mass is 35.5. The summed E-state index contributed by atoms with van der Waals surface area (Å²) in [6.45, 7) is 2.56. The Hall–Kier alpha value is -0.770. The summed E-state index contributed by atoms with van der Waals surface area (Å²) in [7, 11) is 2.13. The van der Waals surface area contributed by atoms with Crippen molar-refractivity contribution in [3.8, 4) is 0 Å². The summed E-state index contributed by atoms with van der Waals surface area (Å²) >= 11 is 6.17. The molecule has 0 spiro atoms. The van der Waals surface area contributed by atoms with Crippen LogP contribution in [0.15, 0.2) is 18.2 Å². The summed E-state index contributed by atoms with van der Waals surface area (Å²) in [6.07, 6.45) is 2.19. The van der Waals surface area contributed by atoms with Crippen LogP contribution in [0.1, 0.15) is 18.4 Å². The maximum atomic E-state index is 6.17. The highest BCUT2D eigenvalue weighted by molar-refractivity contribution is 6.31. The number of hydrogen-bond donors (Lipinski definition) is 1. The lowest BCUT2D eigenvalue weighted by Crippen LogP contribution is -2.36. The van der Waals surface area contributed by atoms with E-state index in [1.807, 2.05) is 18.2 Å². The zero-order chi connectivity index (χ0) is 12.3. The number of nitrogen functional groups attached to an aromatic ring is 1. The fourth-order valence-electron chi connectivity index (χ4n) is 2.24. The van der Waals surface area contributed by atoms with Gasteiger partial charge in [0.1, 0.15) is 0 Å². The van der Waals surface area contributed by atoms with Crippen molar-refractivity contribution in [3.05, 3.63) is 28.8 Å². The van der Waals surface area contributed by atoms with E-state index in [2.05, 4.69) is 11.9 Å². The molecule has 1 aromatic rings. The molecule has 4 heteroatoms. The SMILES string of the molecule is CN(Cc1cc(N)ccc1Cl)C1CCOCC1. The third-order valence-corrected chi connectivity index (χ3v) is 3.67. The van der Waals surface area contributed by atoms with Crippen LogP contribution in [0.3, 0.4) is 0 Å². The van der Waals surface area contributed by atoms with Gasteiger partial charge in [-0.05, 0) is 43.7 Å². The minimum absolute atomic E-state index is 0.584. The minimum Gasteiger partial charge on any atom is -0.399 e. The number of rotatable bonds is 3. The van der Waals surface area contributed by atoms with Crippen molar-refractivity contribution >= 4 is 17.3 Å². The minimum atomic E-state index is 0.584. The van der Waals surface area contributed by atoms with Gasteiger partial charge in [0.15, 0.2) is 0 Å². The smallest absolute Gasteiger partial charge is 0.0480 e. The van der Waals surface area contributed by atoms with E-state index in [1.54, 1.807) is 0 Å². The van der Waals surface area contributed by atoms with Gasteiger partial charge >= 0.3 is 0 Å². The average molecular weight is 255 g/mol. The first-order valence-electron chi connectivity index (χ1n) is 5.98. The molecule has 2 rings (SSSR count). The largest absolute Gasteiger partial charge is 0.399 e. The van der Waals surface area contributed by atoms with Gasteiger partial charge in [-0.1, -0.05) is 11.6 Å². The van der Waals surface area contributed by atoms with Crippen molar-refractivity contribution in [1.29, 1.82) is 0 Å². The second-order valence-corrected chi connectivity index (χ2v) is 5.02. The Balaban J connectivity index is 2.01. The maximum Gasteiger partial charge on any atom is 0.0480 e. The summed E-state index contributed by atoms with van der Waals surface area (Å²) in [4.78, 5) is 2.34. The van der Waals surface area contributed by atoms with E-state index < -0.39 is 0 Å². The predicted molar refractivity (Wildman–Crippen MR) is 71.2 cm³/mol. The first-order valence-corrected chi connectivity index (χ1v) is 6.36. The van der Waals surface area contributed by atoms with Gasteiger partial charge in [-0.25, -0.2) is 0 Å². The summed E-state index contributed by atoms with van der Waals surface area (Å²) < 4.78 is 5.37. The second-order valence-electron chi connectivity index (χ2n) is 4.61. The molecular formula is C13H19ClN2O. The molecule has 0 saturated carbocycles. The van der Waals surface area contributed by atoms with E-state index >= 15 is 0 Å². The van der Waals surface area contributed by atoms with Crippen LogP contribution in [0.4, 0.5) is 5.69 Å². The standard InChI is InChI=1S/C13H19ClN2O/c1-16(12-4-6-17-7-5-12)9-10-8-11(15)2-3-13(10)14/h2-3,8,12H,4-7,9,15H2,1H3. The number of ether oxygens (including phenoxy) is 1. The number of benzene rings is 1. The Bertz CT molecular complexity index is 378. The summed E-state index contributed by atoms with van der Waals surface area (Å²) in [6, 6.07) is 6.24. The zero-order valence-electron chi connectivity index (χ0n) is 10.2. The Morgan fingerprint density at radius 1 is 1.41 bits per heavy atom. The monoisotopic (exact) mass is 254 g/mol. The van der Waals surface area contributed by atoms with E-state index in [0.29, 0.717) is 6.04 Å². The van der Waals surface area contributed by atoms with Gasteiger partial charge in [-0.3, -0.25) is 4.90 Å². The third kappa shape index (κ3) is 3.35. The fourth-order valence-corrected chi connectivity index (χ4v) is 2.42. The third-order valence-electron chi connectivity index (χ3n) is 3.30. The molecule has 94 valence electrons. The Kier molecular flexibility index (Phi) is 4.26. The molecule has 1 fully saturated rings. The molecule has 1 aliphatic heterocycles. The Morgan fingerprint density at radius 3 is 2.82 bits per heavy atom. The van der Waals surface area contributed by atoms with Crippen molar-refractivity contribution in [2.75, 3.05) is 26.0 Å². The van der Waals surface area contributed by atoms with Crippen molar-refractivity contribution < 1.29 is 4.74 Å². The molecule has 0 aromatic heterocycles. The molecule has 0 radical (unpaired) electrons. The molecule has 0 atom stereocenters. The van der Waals surface area contributed by atoms with Crippen molar-refractivity contribution in [3.63, 3.8) is 0 Å². The van der Waals surface area contributed by atoms with E-state index in [9.17, 15) is 0 Å². The van der Waals surface area contributed by atoms with Crippen molar-refractivity contribution in [1.82, 2.24) is 4.90 Å². The van der Waals surface area contributed by atoms with Crippen LogP contribution >= 0.6 is 11.6 Å². The van der Waals surface area contributed by atoms with Crippen molar-refractivity contribution in [2.45, 2.75) is 25.4 Å². The fraction of sp³-hybridized carbons (Fsp3) is 0.538. The molecule has 1 heterocycles. The average Bonchev–Trinajstić information content (AvgIpc) is 2.35. The van der Waals surface area contributed by atoms with Crippen LogP contribution in [-0.4, -0.2) is 31.2 Å². The summed E-state index contributed by atoms with van der Waals surface area (Å²) in [5.74, 6) is 0. The van der Waals surface area contributed by atoms with E-state index in [1.165, 1.54) is 0 Å². The number of halogens is 1. The molecule has 1 aliphatic rings. The maximum absolute atomic E-state index is 6.17. The van der Waals surface area contributed by atoms with Gasteiger partial charge in [-0.15, -0.1) is 0 Å². The summed E-state index contributed by atoms with van der Waals surface area (Å²) in [5.41, 5.74) is 7.65. The molecule has 0 bridgehead atoms. The number of hydrogen-bond acceptors (Lipinski definition) is 3. The van der Waals surface area contributed by atoms with Crippen LogP contribution in [0, 0.1) is 0 Å². The van der Waals surface area contributed by atoms with E-state index in [-0.39, 0.29) is 0 Å². The molecule has 0 unspecified atom stereocenters. The van der Waals surface area contributed by atoms with Gasteiger partial charge < -0.3 is 10.5 Å².